The molecule has 2 amide bonds. The summed E-state index contributed by atoms with van der Waals surface area (Å²) in [6.07, 6.45) is 52.2. The van der Waals surface area contributed by atoms with Crippen LogP contribution in [-0.4, -0.2) is 93.5 Å². The maximum absolute atomic E-state index is 12.9. The summed E-state index contributed by atoms with van der Waals surface area (Å²) in [5.41, 5.74) is 9.84. The number of alkyl carbamates (subject to hydrolysis) is 1. The summed E-state index contributed by atoms with van der Waals surface area (Å²) in [5, 5.41) is 159. The lowest BCUT2D eigenvalue weighted by Gasteiger charge is -2.25. The molecular weight excluding hydrogens is 1960 g/mol. The number of phosphoric ester groups is 1. The third-order valence-electron chi connectivity index (χ3n) is 21.0. The second kappa shape index (κ2) is 85.4. The van der Waals surface area contributed by atoms with Gasteiger partial charge in [0.2, 0.25) is 11.6 Å². The molecule has 0 saturated carbocycles. The van der Waals surface area contributed by atoms with Gasteiger partial charge in [-0.2, -0.15) is 4.58 Å². The van der Waals surface area contributed by atoms with Gasteiger partial charge in [-0.1, -0.05) is 262 Å². The number of unbranched alkanes of at least 4 members (excludes halogenated alkanes) is 30. The Balaban J connectivity index is 0.701. The van der Waals surface area contributed by atoms with Crippen molar-refractivity contribution in [2.24, 2.45) is 0 Å². The molecule has 818 valence electrons. The fraction of sp³-hybridized carbons (Fsp3) is 0.675. The molecular formula is C83H131N4O55P. The van der Waals surface area contributed by atoms with E-state index < -0.39 is 65.0 Å². The molecule has 1 unspecified atom stereocenters. The number of esters is 2. The number of anilines is 1. The van der Waals surface area contributed by atoms with Crippen LogP contribution in [0.15, 0.2) is 108 Å². The standard InChI is InChI=1S/C83H131N4O55P/c1-8-10-12-14-16-18-20-22-24-26-28-30-32-34-38-53-79(89)95-67-71(100-80(90)54-39-35-33-31-29-27-25-23-21-19-17-15-13-11-9-2)68-99-143(92,93)98-63-60-85-81(91)94-64-65-97-102-104-106-108-110-112-114-116-118-120-122-124-126-128-130-132-134-136-138-140-142-141-139-137-135-133-131-129-127-125-123-121-119-117-115-113-111-109-107-105-103-101-96-62-59-84-78(88)52-37-36-44-61-87-75-51-43-41-49-73(75)83(5,6)77(87)58-56-70-47-45-46-69(66-70)55-57-76-82(3,4)72-48-40-42-50-74(72)86(76)7/h40-43,48-51,55-59,62,66,71H,8-39,44-47,52-54,60-61,63-65,67-68H2,1-7H3,(H2-,84,85,88,91,92,93)/b62-59-/t71-/m1/s1. The summed E-state index contributed by atoms with van der Waals surface area (Å²) in [6, 6.07) is 17.1. The first-order valence-corrected chi connectivity index (χ1v) is 47.9. The molecule has 0 bridgehead atoms. The molecule has 1 aliphatic carbocycles. The van der Waals surface area contributed by atoms with Crippen LogP contribution in [0.25, 0.3) is 0 Å². The minimum absolute atomic E-state index is 0.0904. The summed E-state index contributed by atoms with van der Waals surface area (Å²) in [7, 11) is -2.88. The monoisotopic (exact) mass is 2090 g/mol. The number of rotatable bonds is 99. The first kappa shape index (κ1) is 126. The van der Waals surface area contributed by atoms with Gasteiger partial charge in [0.05, 0.1) is 18.6 Å². The van der Waals surface area contributed by atoms with Crippen LogP contribution in [0.3, 0.4) is 0 Å². The number of allylic oxidation sites excluding steroid dienone is 8. The molecule has 143 heavy (non-hydrogen) atoms. The molecule has 0 spiro atoms. The van der Waals surface area contributed by atoms with Crippen molar-refractivity contribution in [2.75, 3.05) is 58.1 Å². The number of hydrogen-bond donors (Lipinski definition) is 2. The minimum atomic E-state index is -5.02. The largest absolute Gasteiger partial charge is 0.756 e. The molecule has 59 nitrogen and oxygen atoms in total. The number of likely N-dealkylation sites (N-methyl/N-ethyl adjacent to an activating group) is 1. The van der Waals surface area contributed by atoms with Gasteiger partial charge in [0.1, 0.15) is 32.6 Å². The molecule has 5 rings (SSSR count). The highest BCUT2D eigenvalue weighted by molar-refractivity contribution is 7.45. The molecule has 60 heteroatoms. The molecule has 2 N–H and O–H groups in total. The molecule has 2 atom stereocenters. The van der Waals surface area contributed by atoms with Crippen molar-refractivity contribution in [1.82, 2.24) is 10.6 Å². The molecule has 3 aliphatic rings. The van der Waals surface area contributed by atoms with Gasteiger partial charge < -0.3 is 48.6 Å². The van der Waals surface area contributed by atoms with Crippen molar-refractivity contribution in [3.05, 3.63) is 119 Å². The number of nitrogens with one attached hydrogen (secondary N) is 2. The van der Waals surface area contributed by atoms with Crippen molar-refractivity contribution in [3.63, 3.8) is 0 Å². The molecule has 2 heterocycles. The molecule has 2 aromatic carbocycles. The van der Waals surface area contributed by atoms with Crippen LogP contribution in [0.1, 0.15) is 303 Å². The Morgan fingerprint density at radius 2 is 0.832 bits per heavy atom. The van der Waals surface area contributed by atoms with Gasteiger partial charge in [0.15, 0.2) is 11.8 Å². The average Bonchev–Trinajstić information content (AvgIpc) is 1.59. The van der Waals surface area contributed by atoms with E-state index in [2.05, 4.69) is 369 Å². The fourth-order valence-corrected chi connectivity index (χ4v) is 15.1. The Bertz CT molecular complexity index is 3820. The summed E-state index contributed by atoms with van der Waals surface area (Å²) >= 11 is 0. The fourth-order valence-electron chi connectivity index (χ4n) is 14.3. The predicted molar refractivity (Wildman–Crippen MR) is 452 cm³/mol. The van der Waals surface area contributed by atoms with Crippen molar-refractivity contribution in [1.29, 1.82) is 0 Å². The lowest BCUT2D eigenvalue weighted by Crippen LogP contribution is -2.31. The predicted octanol–water partition coefficient (Wildman–Crippen LogP) is 17.4. The number of carbonyl (C=O) groups excluding carboxylic acids is 4. The van der Waals surface area contributed by atoms with Crippen molar-refractivity contribution in [2.45, 2.75) is 309 Å². The highest BCUT2D eigenvalue weighted by Crippen LogP contribution is 2.47. The van der Waals surface area contributed by atoms with Crippen molar-refractivity contribution >= 4 is 48.8 Å². The summed E-state index contributed by atoms with van der Waals surface area (Å²) in [5.74, 6) is -1.36. The second-order valence-electron chi connectivity index (χ2n) is 31.9. The van der Waals surface area contributed by atoms with E-state index in [0.717, 1.165) is 102 Å². The number of nitrogens with zero attached hydrogens (tertiary/aromatic N) is 2. The number of para-hydroxylation sites is 2. The Hall–Kier alpha value is -7.52. The van der Waals surface area contributed by atoms with Gasteiger partial charge in [-0.05, 0) is 128 Å². The third-order valence-corrected chi connectivity index (χ3v) is 21.9. The smallest absolute Gasteiger partial charge is 0.407 e. The molecule has 0 radical (unpaired) electrons. The number of ether oxygens (including phenoxy) is 3. The van der Waals surface area contributed by atoms with E-state index in [1.54, 1.807) is 0 Å². The Morgan fingerprint density at radius 3 is 1.29 bits per heavy atom. The molecule has 2 aromatic rings. The maximum atomic E-state index is 12.9. The highest BCUT2D eigenvalue weighted by Gasteiger charge is 2.44. The van der Waals surface area contributed by atoms with Gasteiger partial charge in [-0.3, -0.25) is 18.9 Å². The van der Waals surface area contributed by atoms with Crippen LogP contribution in [0, 0.1) is 0 Å². The average molecular weight is 2100 g/mol. The van der Waals surface area contributed by atoms with Crippen LogP contribution < -0.4 is 20.4 Å². The van der Waals surface area contributed by atoms with E-state index in [-0.39, 0.29) is 42.5 Å². The minimum Gasteiger partial charge on any atom is -0.756 e. The van der Waals surface area contributed by atoms with E-state index in [9.17, 15) is 28.6 Å². The number of fused-ring (bicyclic) bond motifs is 2. The zero-order valence-corrected chi connectivity index (χ0v) is 81.5. The molecule has 0 saturated heterocycles. The van der Waals surface area contributed by atoms with Gasteiger partial charge in [-0.15, -0.1) is 0 Å². The van der Waals surface area contributed by atoms with Gasteiger partial charge >= 0.3 is 18.0 Å². The summed E-state index contributed by atoms with van der Waals surface area (Å²) in [6.45, 7) is 11.3. The molecule has 2 aliphatic heterocycles. The van der Waals surface area contributed by atoms with Gasteiger partial charge in [-0.25, -0.2) is 9.68 Å². The van der Waals surface area contributed by atoms with E-state index in [1.165, 1.54) is 173 Å². The van der Waals surface area contributed by atoms with Crippen LogP contribution in [0.4, 0.5) is 16.2 Å². The van der Waals surface area contributed by atoms with Gasteiger partial charge in [0, 0.05) is 251 Å². The number of hydrogen-bond acceptors (Lipinski definition) is 56. The van der Waals surface area contributed by atoms with E-state index in [0.29, 0.717) is 19.3 Å². The van der Waals surface area contributed by atoms with Crippen LogP contribution in [0.2, 0.25) is 0 Å². The van der Waals surface area contributed by atoms with Crippen LogP contribution in [-0.2, 0) is 274 Å². The first-order chi connectivity index (χ1) is 70.0. The van der Waals surface area contributed by atoms with Crippen LogP contribution >= 0.6 is 7.82 Å². The number of benzene rings is 2. The zero-order valence-electron chi connectivity index (χ0n) is 80.6. The van der Waals surface area contributed by atoms with E-state index in [4.69, 9.17) is 23.3 Å². The quantitative estimate of drug-likeness (QED) is 0.00907. The summed E-state index contributed by atoms with van der Waals surface area (Å²) < 4.78 is 40.5. The lowest BCUT2D eigenvalue weighted by atomic mass is 9.81. The van der Waals surface area contributed by atoms with Crippen molar-refractivity contribution < 1.29 is 278 Å². The Morgan fingerprint density at radius 1 is 0.427 bits per heavy atom. The Labute approximate surface area is 820 Å². The third kappa shape index (κ3) is 63.7. The first-order valence-electron chi connectivity index (χ1n) is 46.4. The molecule has 0 fully saturated rings. The number of phosphoric acid groups is 1. The van der Waals surface area contributed by atoms with Gasteiger partial charge in [0.25, 0.3) is 7.82 Å². The van der Waals surface area contributed by atoms with E-state index in [1.807, 2.05) is 0 Å². The maximum Gasteiger partial charge on any atom is 0.407 e. The number of amides is 2. The normalized spacial score (nSPS) is 15.1. The zero-order chi connectivity index (χ0) is 102. The van der Waals surface area contributed by atoms with E-state index >= 15 is 0 Å². The lowest BCUT2D eigenvalue weighted by molar-refractivity contribution is -0.909. The van der Waals surface area contributed by atoms with Crippen LogP contribution in [0.5, 0.6) is 0 Å². The van der Waals surface area contributed by atoms with Crippen molar-refractivity contribution in [3.8, 4) is 0 Å². The Kier molecular flexibility index (Phi) is 75.2. The second-order valence-corrected chi connectivity index (χ2v) is 33.3. The number of carbonyl (C=O) groups is 4. The SMILES string of the molecule is CCCCCCCCCCCCCCCCCC(=O)OC[C@H](COP(=O)([O-])OCCNC(=O)OCCOOOOOOOOOOOOOOOOOOOOOOOOOOOOOOOOOOOOOOOOOOOO/C=C\NC(=O)CCCCC[N+]1=C(/C=C/C2=CC(=C/C=C3/N(C)c4ccccc4C3(C)C)/CCC2)C(C)(C)c2ccccc21)OC(=O)CCCCCCCCCCCCCCCCC. The highest BCUT2D eigenvalue weighted by atomic mass is 31.2. The topological polar surface area (TPSA) is 591 Å². The summed E-state index contributed by atoms with van der Waals surface area (Å²) in [4.78, 5) is 73.9. The molecule has 0 aromatic heterocycles.